The van der Waals surface area contributed by atoms with Crippen molar-refractivity contribution in [3.8, 4) is 0 Å². The molecule has 0 amide bonds. The molecule has 0 bridgehead atoms. The molecule has 0 aliphatic rings. The number of carbonyl (C=O) groups is 1. The molecule has 1 aromatic carbocycles. The van der Waals surface area contributed by atoms with Crippen LogP contribution >= 0.6 is 0 Å². The molecule has 13 heteroatoms. The minimum absolute atomic E-state index is 0.00422. The van der Waals surface area contributed by atoms with Crippen LogP contribution in [-0.4, -0.2) is 68.4 Å². The van der Waals surface area contributed by atoms with Gasteiger partial charge in [-0.25, -0.2) is 4.79 Å². The molecule has 0 aromatic heterocycles. The van der Waals surface area contributed by atoms with Gasteiger partial charge in [-0.1, -0.05) is 36.1 Å². The summed E-state index contributed by atoms with van der Waals surface area (Å²) in [6.45, 7) is 0. The number of carbonyl (C=O) groups excluding carboxylic acids is 1. The maximum absolute atomic E-state index is 13.0. The zero-order valence-electron chi connectivity index (χ0n) is 13.4. The second-order valence-corrected chi connectivity index (χ2v) is 6.75. The van der Waals surface area contributed by atoms with E-state index in [4.69, 9.17) is 35.9 Å². The van der Waals surface area contributed by atoms with E-state index in [2.05, 4.69) is 4.74 Å². The summed E-state index contributed by atoms with van der Waals surface area (Å²) in [5.41, 5.74) is -0.0386. The minimum atomic E-state index is -5.24. The molecule has 0 spiro atoms. The standard InChI is InChI=1S/C13H11B4F3O5S/c14-2-6-1-9(17)8(4-16)11(7(6)3-15)12(21)25-10(13(18,19)20)5-26(22,23)24/h1,10H,2-5H2,(H,22,23,24). The average molecular weight is 380 g/mol. The molecule has 1 aromatic rings. The maximum Gasteiger partial charge on any atom is 0.426 e. The van der Waals surface area contributed by atoms with E-state index in [-0.39, 0.29) is 35.6 Å². The van der Waals surface area contributed by atoms with Crippen molar-refractivity contribution in [3.63, 3.8) is 0 Å². The Bertz CT molecular complexity index is 783. The highest BCUT2D eigenvalue weighted by atomic mass is 32.2. The van der Waals surface area contributed by atoms with Crippen LogP contribution < -0.4 is 5.46 Å². The van der Waals surface area contributed by atoms with Gasteiger partial charge in [0.25, 0.3) is 10.1 Å². The number of benzene rings is 1. The van der Waals surface area contributed by atoms with E-state index in [1.807, 2.05) is 0 Å². The molecule has 1 unspecified atom stereocenters. The number of esters is 1. The Kier molecular flexibility index (Phi) is 7.47. The number of hydrogen-bond donors (Lipinski definition) is 1. The number of alkyl halides is 3. The van der Waals surface area contributed by atoms with Gasteiger partial charge >= 0.3 is 12.1 Å². The molecular formula is C13H11B4F3O5S. The third kappa shape index (κ3) is 5.57. The average Bonchev–Trinajstić information content (AvgIpc) is 2.50. The van der Waals surface area contributed by atoms with Gasteiger partial charge in [0.1, 0.15) is 13.6 Å². The van der Waals surface area contributed by atoms with E-state index < -0.39 is 39.7 Å². The predicted molar refractivity (Wildman–Crippen MR) is 91.9 cm³/mol. The first-order valence-electron chi connectivity index (χ1n) is 7.11. The SMILES string of the molecule is [B]Cc1cc([B])c(C[B])c(C(=O)OC(CS(=O)(=O)O)C(F)(F)F)c1C[B]. The first-order valence-corrected chi connectivity index (χ1v) is 8.72. The fraction of sp³-hybridized carbons (Fsp3) is 0.462. The first kappa shape index (κ1) is 22.7. The molecule has 0 fully saturated rings. The van der Waals surface area contributed by atoms with Crippen molar-refractivity contribution in [2.45, 2.75) is 31.2 Å². The molecule has 1 atom stereocenters. The Morgan fingerprint density at radius 2 is 1.69 bits per heavy atom. The zero-order chi connectivity index (χ0) is 20.3. The molecule has 0 saturated carbocycles. The van der Waals surface area contributed by atoms with Crippen molar-refractivity contribution in [2.24, 2.45) is 0 Å². The molecular weight excluding hydrogens is 368 g/mol. The summed E-state index contributed by atoms with van der Waals surface area (Å²) in [5, 5.41) is 0. The summed E-state index contributed by atoms with van der Waals surface area (Å²) in [6, 6.07) is 1.39. The smallest absolute Gasteiger partial charge is 0.426 e. The van der Waals surface area contributed by atoms with Crippen LogP contribution in [0.1, 0.15) is 27.0 Å². The summed E-state index contributed by atoms with van der Waals surface area (Å²) in [4.78, 5) is 12.4. The highest BCUT2D eigenvalue weighted by Gasteiger charge is 2.46. The van der Waals surface area contributed by atoms with Gasteiger partial charge in [0.15, 0.2) is 0 Å². The van der Waals surface area contributed by atoms with Crippen LogP contribution in [0, 0.1) is 0 Å². The van der Waals surface area contributed by atoms with E-state index in [0.717, 1.165) is 0 Å². The summed E-state index contributed by atoms with van der Waals surface area (Å²) in [7, 11) is 17.2. The second kappa shape index (κ2) is 8.56. The van der Waals surface area contributed by atoms with E-state index in [9.17, 15) is 26.4 Å². The van der Waals surface area contributed by atoms with Gasteiger partial charge in [0.05, 0.1) is 29.1 Å². The van der Waals surface area contributed by atoms with Gasteiger partial charge in [-0.2, -0.15) is 21.6 Å². The Morgan fingerprint density at radius 1 is 1.15 bits per heavy atom. The van der Waals surface area contributed by atoms with Crippen LogP contribution in [0.2, 0.25) is 0 Å². The van der Waals surface area contributed by atoms with E-state index in [1.54, 1.807) is 0 Å². The monoisotopic (exact) mass is 380 g/mol. The lowest BCUT2D eigenvalue weighted by Crippen LogP contribution is -2.40. The Morgan fingerprint density at radius 3 is 2.08 bits per heavy atom. The van der Waals surface area contributed by atoms with Crippen LogP contribution in [-0.2, 0) is 33.8 Å². The fourth-order valence-electron chi connectivity index (χ4n) is 2.31. The van der Waals surface area contributed by atoms with Crippen molar-refractivity contribution in [3.05, 3.63) is 28.3 Å². The van der Waals surface area contributed by atoms with E-state index in [1.165, 1.54) is 6.07 Å². The Labute approximate surface area is 154 Å². The van der Waals surface area contributed by atoms with Gasteiger partial charge in [-0.05, 0) is 11.1 Å². The summed E-state index contributed by atoms with van der Waals surface area (Å²) < 4.78 is 73.5. The third-order valence-corrected chi connectivity index (χ3v) is 4.20. The predicted octanol–water partition coefficient (Wildman–Crippen LogP) is -0.539. The molecule has 1 N–H and O–H groups in total. The third-order valence-electron chi connectivity index (χ3n) is 3.48. The number of hydrogen-bond acceptors (Lipinski definition) is 4. The van der Waals surface area contributed by atoms with Crippen LogP contribution in [0.25, 0.3) is 0 Å². The lowest BCUT2D eigenvalue weighted by molar-refractivity contribution is -0.197. The minimum Gasteiger partial charge on any atom is -0.448 e. The number of rotatable bonds is 7. The molecule has 0 heterocycles. The molecule has 8 radical (unpaired) electrons. The molecule has 0 aliphatic heterocycles. The van der Waals surface area contributed by atoms with Crippen LogP contribution in [0.3, 0.4) is 0 Å². The van der Waals surface area contributed by atoms with Gasteiger partial charge < -0.3 is 4.74 Å². The van der Waals surface area contributed by atoms with Crippen molar-refractivity contribution in [1.82, 2.24) is 0 Å². The van der Waals surface area contributed by atoms with Crippen molar-refractivity contribution < 1.29 is 35.7 Å². The Balaban J connectivity index is 3.45. The highest BCUT2D eigenvalue weighted by Crippen LogP contribution is 2.27. The lowest BCUT2D eigenvalue weighted by Gasteiger charge is -2.23. The highest BCUT2D eigenvalue weighted by molar-refractivity contribution is 7.85. The second-order valence-electron chi connectivity index (χ2n) is 5.25. The van der Waals surface area contributed by atoms with Gasteiger partial charge in [0.2, 0.25) is 6.10 Å². The number of halogens is 3. The molecule has 1 rings (SSSR count). The van der Waals surface area contributed by atoms with Crippen molar-refractivity contribution in [1.29, 1.82) is 0 Å². The summed E-state index contributed by atoms with van der Waals surface area (Å²) in [6.07, 6.45) is -9.05. The van der Waals surface area contributed by atoms with Gasteiger partial charge in [-0.15, -0.1) is 0 Å². The molecule has 26 heavy (non-hydrogen) atoms. The lowest BCUT2D eigenvalue weighted by atomic mass is 9.74. The zero-order valence-corrected chi connectivity index (χ0v) is 14.2. The first-order chi connectivity index (χ1) is 11.9. The Hall–Kier alpha value is -1.35. The number of ether oxygens (including phenoxy) is 1. The van der Waals surface area contributed by atoms with E-state index >= 15 is 0 Å². The van der Waals surface area contributed by atoms with Crippen molar-refractivity contribution in [2.75, 3.05) is 5.75 Å². The molecule has 0 saturated heterocycles. The topological polar surface area (TPSA) is 80.7 Å². The normalized spacial score (nSPS) is 13.4. The van der Waals surface area contributed by atoms with Crippen molar-refractivity contribution >= 4 is 52.9 Å². The van der Waals surface area contributed by atoms with Gasteiger partial charge in [-0.3, -0.25) is 4.55 Å². The van der Waals surface area contributed by atoms with E-state index in [0.29, 0.717) is 5.56 Å². The molecule has 132 valence electrons. The quantitative estimate of drug-likeness (QED) is 0.391. The summed E-state index contributed by atoms with van der Waals surface area (Å²) in [5.74, 6) is -3.39. The fourth-order valence-corrected chi connectivity index (χ4v) is 2.94. The van der Waals surface area contributed by atoms with Crippen LogP contribution in [0.15, 0.2) is 6.07 Å². The molecule has 0 aliphatic carbocycles. The maximum atomic E-state index is 13.0. The van der Waals surface area contributed by atoms with Gasteiger partial charge in [0, 0.05) is 0 Å². The molecule has 5 nitrogen and oxygen atoms in total. The largest absolute Gasteiger partial charge is 0.448 e. The van der Waals surface area contributed by atoms with Crippen LogP contribution in [0.5, 0.6) is 0 Å². The van der Waals surface area contributed by atoms with Crippen LogP contribution in [0.4, 0.5) is 13.2 Å². The summed E-state index contributed by atoms with van der Waals surface area (Å²) >= 11 is 0.